The summed E-state index contributed by atoms with van der Waals surface area (Å²) in [5.41, 5.74) is 0.239. The van der Waals surface area contributed by atoms with Crippen molar-refractivity contribution in [1.29, 1.82) is 0 Å². The highest BCUT2D eigenvalue weighted by Crippen LogP contribution is 2.43. The van der Waals surface area contributed by atoms with Gasteiger partial charge in [-0.3, -0.25) is 24.3 Å². The van der Waals surface area contributed by atoms with E-state index in [0.29, 0.717) is 32.1 Å². The average Bonchev–Trinajstić information content (AvgIpc) is 3.13. The highest BCUT2D eigenvalue weighted by molar-refractivity contribution is 6.06. The number of nitrogens with zero attached hydrogens (tertiary/aromatic N) is 3. The number of aliphatic hydroxyl groups excluding tert-OH is 1. The number of fused-ring (bicyclic) bond motifs is 2. The normalized spacial score (nSPS) is 29.9. The molecule has 162 valence electrons. The highest BCUT2D eigenvalue weighted by atomic mass is 16.5. The number of rotatable bonds is 4. The lowest BCUT2D eigenvalue weighted by Crippen LogP contribution is -2.82. The third-order valence-corrected chi connectivity index (χ3v) is 7.54. The molecule has 7 heteroatoms. The number of likely N-dealkylation sites (tertiary alicyclic amines) is 1. The van der Waals surface area contributed by atoms with E-state index in [9.17, 15) is 14.7 Å². The zero-order chi connectivity index (χ0) is 20.9. The van der Waals surface area contributed by atoms with E-state index in [0.717, 1.165) is 11.3 Å². The maximum absolute atomic E-state index is 13.7. The maximum Gasteiger partial charge on any atom is 0.252 e. The van der Waals surface area contributed by atoms with Crippen LogP contribution in [0.4, 0.5) is 0 Å². The minimum Gasteiger partial charge on any atom is -0.497 e. The molecule has 2 atom stereocenters. The smallest absolute Gasteiger partial charge is 0.252 e. The molecule has 0 aromatic heterocycles. The van der Waals surface area contributed by atoms with Gasteiger partial charge in [0.15, 0.2) is 0 Å². The van der Waals surface area contributed by atoms with Crippen LogP contribution in [0.5, 0.6) is 5.75 Å². The van der Waals surface area contributed by atoms with Gasteiger partial charge < -0.3 is 9.84 Å². The molecule has 3 aliphatic heterocycles. The van der Waals surface area contributed by atoms with Gasteiger partial charge in [-0.1, -0.05) is 31.4 Å². The molecule has 4 aliphatic rings. The molecule has 3 saturated heterocycles. The first-order valence-electron chi connectivity index (χ1n) is 11.2. The second-order valence-electron chi connectivity index (χ2n) is 9.36. The van der Waals surface area contributed by atoms with Crippen LogP contribution in [-0.4, -0.2) is 82.1 Å². The number of methoxy groups -OCH3 is 1. The standard InChI is InChI=1S/C23H31N3O4/c1-30-19-9-7-16(8-10-19)12-25-21(28)20-11-18(27)13-26(20)23(22(25)29)14-24(15-23)17-5-3-2-4-6-17/h7-10,17-18,20,27H,2-6,11-15H2,1H3/t18-,20+/m1/s1. The number of aliphatic hydroxyl groups is 1. The van der Waals surface area contributed by atoms with Crippen molar-refractivity contribution in [1.82, 2.24) is 14.7 Å². The quantitative estimate of drug-likeness (QED) is 0.752. The largest absolute Gasteiger partial charge is 0.497 e. The lowest BCUT2D eigenvalue weighted by molar-refractivity contribution is -0.183. The summed E-state index contributed by atoms with van der Waals surface area (Å²) in [6.45, 7) is 2.03. The Morgan fingerprint density at radius 3 is 2.47 bits per heavy atom. The van der Waals surface area contributed by atoms with Gasteiger partial charge in [-0.15, -0.1) is 0 Å². The molecule has 0 radical (unpaired) electrons. The van der Waals surface area contributed by atoms with E-state index in [2.05, 4.69) is 4.90 Å². The number of piperazine rings is 1. The van der Waals surface area contributed by atoms with Crippen LogP contribution in [0, 0.1) is 0 Å². The number of ether oxygens (including phenoxy) is 1. The van der Waals surface area contributed by atoms with Gasteiger partial charge >= 0.3 is 0 Å². The first-order chi connectivity index (χ1) is 14.5. The topological polar surface area (TPSA) is 73.3 Å². The highest BCUT2D eigenvalue weighted by Gasteiger charge is 2.64. The Labute approximate surface area is 177 Å². The van der Waals surface area contributed by atoms with Crippen LogP contribution >= 0.6 is 0 Å². The van der Waals surface area contributed by atoms with Crippen molar-refractivity contribution in [2.24, 2.45) is 0 Å². The van der Waals surface area contributed by atoms with E-state index in [1.165, 1.54) is 37.0 Å². The zero-order valence-electron chi connectivity index (χ0n) is 17.6. The summed E-state index contributed by atoms with van der Waals surface area (Å²) in [5, 5.41) is 10.3. The molecule has 30 heavy (non-hydrogen) atoms. The SMILES string of the molecule is COc1ccc(CN2C(=O)[C@@H]3C[C@@H](O)CN3C3(CN(C4CCCCC4)C3)C2=O)cc1. The van der Waals surface area contributed by atoms with Crippen molar-refractivity contribution in [3.63, 3.8) is 0 Å². The summed E-state index contributed by atoms with van der Waals surface area (Å²) in [4.78, 5) is 32.8. The molecule has 1 N–H and O–H groups in total. The molecule has 1 aromatic carbocycles. The number of carbonyl (C=O) groups excluding carboxylic acids is 2. The van der Waals surface area contributed by atoms with Crippen LogP contribution in [0.3, 0.4) is 0 Å². The summed E-state index contributed by atoms with van der Waals surface area (Å²) >= 11 is 0. The number of benzene rings is 1. The van der Waals surface area contributed by atoms with Crippen molar-refractivity contribution in [2.45, 2.75) is 68.8 Å². The van der Waals surface area contributed by atoms with Gasteiger partial charge in [-0.2, -0.15) is 0 Å². The maximum atomic E-state index is 13.7. The van der Waals surface area contributed by atoms with E-state index in [1.54, 1.807) is 7.11 Å². The second-order valence-corrected chi connectivity index (χ2v) is 9.36. The molecule has 0 bridgehead atoms. The molecule has 5 rings (SSSR count). The fraction of sp³-hybridized carbons (Fsp3) is 0.652. The number of hydrogen-bond acceptors (Lipinski definition) is 6. The van der Waals surface area contributed by atoms with E-state index in [-0.39, 0.29) is 18.4 Å². The fourth-order valence-corrected chi connectivity index (χ4v) is 5.89. The van der Waals surface area contributed by atoms with Crippen molar-refractivity contribution in [3.05, 3.63) is 29.8 Å². The Balaban J connectivity index is 1.39. The molecule has 7 nitrogen and oxygen atoms in total. The second kappa shape index (κ2) is 7.62. The first kappa shape index (κ1) is 20.0. The van der Waals surface area contributed by atoms with Crippen LogP contribution in [0.2, 0.25) is 0 Å². The lowest BCUT2D eigenvalue weighted by atomic mass is 9.79. The Bertz CT molecular complexity index is 814. The molecule has 4 fully saturated rings. The van der Waals surface area contributed by atoms with Crippen LogP contribution < -0.4 is 4.74 Å². The van der Waals surface area contributed by atoms with Crippen molar-refractivity contribution < 1.29 is 19.4 Å². The third-order valence-electron chi connectivity index (χ3n) is 7.54. The Morgan fingerprint density at radius 1 is 1.10 bits per heavy atom. The predicted octanol–water partition coefficient (Wildman–Crippen LogP) is 1.39. The first-order valence-corrected chi connectivity index (χ1v) is 11.2. The minimum atomic E-state index is -0.667. The van der Waals surface area contributed by atoms with Crippen LogP contribution in [0.1, 0.15) is 44.1 Å². The van der Waals surface area contributed by atoms with Gasteiger partial charge in [0.1, 0.15) is 11.3 Å². The number of carbonyl (C=O) groups is 2. The summed E-state index contributed by atoms with van der Waals surface area (Å²) in [7, 11) is 1.62. The van der Waals surface area contributed by atoms with E-state index < -0.39 is 17.7 Å². The van der Waals surface area contributed by atoms with E-state index in [1.807, 2.05) is 29.2 Å². The van der Waals surface area contributed by atoms with Crippen molar-refractivity contribution >= 4 is 11.8 Å². The van der Waals surface area contributed by atoms with Crippen LogP contribution in [0.25, 0.3) is 0 Å². The van der Waals surface area contributed by atoms with Crippen LogP contribution in [0.15, 0.2) is 24.3 Å². The molecule has 1 saturated carbocycles. The summed E-state index contributed by atoms with van der Waals surface area (Å²) in [6, 6.07) is 7.65. The molecule has 1 aromatic rings. The summed E-state index contributed by atoms with van der Waals surface area (Å²) < 4.78 is 5.21. The van der Waals surface area contributed by atoms with Gasteiger partial charge in [0.2, 0.25) is 5.91 Å². The third kappa shape index (κ3) is 3.15. The number of amides is 2. The zero-order valence-corrected chi connectivity index (χ0v) is 17.6. The minimum absolute atomic E-state index is 0.0965. The van der Waals surface area contributed by atoms with E-state index in [4.69, 9.17) is 4.74 Å². The Morgan fingerprint density at radius 2 is 1.80 bits per heavy atom. The number of imide groups is 1. The fourth-order valence-electron chi connectivity index (χ4n) is 5.89. The lowest BCUT2D eigenvalue weighted by Gasteiger charge is -2.60. The van der Waals surface area contributed by atoms with E-state index >= 15 is 0 Å². The summed E-state index contributed by atoms with van der Waals surface area (Å²) in [6.07, 6.45) is 6.09. The Kier molecular flexibility index (Phi) is 5.08. The van der Waals surface area contributed by atoms with Gasteiger partial charge in [-0.25, -0.2) is 0 Å². The number of β-amino-alcohol motifs (C(OH)–C–C–N with tert-alkyl or cyclic N) is 1. The van der Waals surface area contributed by atoms with Crippen molar-refractivity contribution in [3.8, 4) is 5.75 Å². The van der Waals surface area contributed by atoms with Gasteiger partial charge in [0.05, 0.1) is 25.8 Å². The molecule has 1 aliphatic carbocycles. The Hall–Kier alpha value is -1.96. The van der Waals surface area contributed by atoms with Crippen molar-refractivity contribution in [2.75, 3.05) is 26.7 Å². The predicted molar refractivity (Wildman–Crippen MR) is 111 cm³/mol. The number of hydrogen-bond donors (Lipinski definition) is 1. The summed E-state index contributed by atoms with van der Waals surface area (Å²) in [5.74, 6) is 0.480. The molecule has 0 unspecified atom stereocenters. The molecule has 3 heterocycles. The van der Waals surface area contributed by atoms with Gasteiger partial charge in [0, 0.05) is 25.7 Å². The van der Waals surface area contributed by atoms with Gasteiger partial charge in [-0.05, 0) is 37.0 Å². The van der Waals surface area contributed by atoms with Crippen LogP contribution in [-0.2, 0) is 16.1 Å². The monoisotopic (exact) mass is 413 g/mol. The van der Waals surface area contributed by atoms with Gasteiger partial charge in [0.25, 0.3) is 5.91 Å². The molecule has 2 amide bonds. The average molecular weight is 414 g/mol. The molecular weight excluding hydrogens is 382 g/mol. The molecular formula is C23H31N3O4. The molecule has 1 spiro atoms.